The van der Waals surface area contributed by atoms with Gasteiger partial charge in [0.1, 0.15) is 12.4 Å². The molecular weight excluding hydrogens is 192 g/mol. The number of hydrogen-bond acceptors (Lipinski definition) is 3. The molecule has 80 valence electrons. The summed E-state index contributed by atoms with van der Waals surface area (Å²) in [7, 11) is 0. The fourth-order valence-corrected chi connectivity index (χ4v) is 1.33. The van der Waals surface area contributed by atoms with E-state index in [1.807, 2.05) is 30.3 Å². The summed E-state index contributed by atoms with van der Waals surface area (Å²) in [5.74, 6) is -0.713. The maximum atomic E-state index is 11.4. The van der Waals surface area contributed by atoms with Gasteiger partial charge in [-0.15, -0.1) is 0 Å². The minimum Gasteiger partial charge on any atom is -0.465 e. The van der Waals surface area contributed by atoms with E-state index >= 15 is 0 Å². The summed E-state index contributed by atoms with van der Waals surface area (Å²) >= 11 is 0. The zero-order valence-electron chi connectivity index (χ0n) is 8.90. The lowest BCUT2D eigenvalue weighted by atomic mass is 9.96. The fraction of sp³-hybridized carbons (Fsp3) is 0.333. The van der Waals surface area contributed by atoms with E-state index in [9.17, 15) is 9.59 Å². The third-order valence-corrected chi connectivity index (χ3v) is 2.15. The predicted molar refractivity (Wildman–Crippen MR) is 56.5 cm³/mol. The van der Waals surface area contributed by atoms with Crippen LogP contribution < -0.4 is 0 Å². The standard InChI is InChI=1S/C12H14O3/c1-9(13)12(8-15-10(2)14)11-6-4-3-5-7-11/h3-7,12H,8H2,1-2H3. The molecule has 1 unspecified atom stereocenters. The Morgan fingerprint density at radius 2 is 1.80 bits per heavy atom. The van der Waals surface area contributed by atoms with Crippen LogP contribution in [0.3, 0.4) is 0 Å². The summed E-state index contributed by atoms with van der Waals surface area (Å²) in [5, 5.41) is 0. The minimum absolute atomic E-state index is 0.00227. The number of rotatable bonds is 4. The molecule has 0 aromatic heterocycles. The molecule has 0 amide bonds. The first-order valence-corrected chi connectivity index (χ1v) is 4.80. The van der Waals surface area contributed by atoms with Crippen LogP contribution in [0.1, 0.15) is 25.3 Å². The average molecular weight is 206 g/mol. The second-order valence-corrected chi connectivity index (χ2v) is 3.38. The number of ether oxygens (including phenoxy) is 1. The van der Waals surface area contributed by atoms with E-state index in [0.29, 0.717) is 0 Å². The topological polar surface area (TPSA) is 43.4 Å². The Morgan fingerprint density at radius 3 is 2.27 bits per heavy atom. The summed E-state index contributed by atoms with van der Waals surface area (Å²) in [4.78, 5) is 22.0. The summed E-state index contributed by atoms with van der Waals surface area (Å²) < 4.78 is 4.86. The summed E-state index contributed by atoms with van der Waals surface area (Å²) in [6.07, 6.45) is 0. The molecule has 0 spiro atoms. The first kappa shape index (κ1) is 11.4. The third-order valence-electron chi connectivity index (χ3n) is 2.15. The normalized spacial score (nSPS) is 11.9. The van der Waals surface area contributed by atoms with E-state index < -0.39 is 0 Å². The van der Waals surface area contributed by atoms with Crippen LogP contribution in [0.4, 0.5) is 0 Å². The van der Waals surface area contributed by atoms with Gasteiger partial charge in [-0.3, -0.25) is 9.59 Å². The highest BCUT2D eigenvalue weighted by atomic mass is 16.5. The first-order valence-electron chi connectivity index (χ1n) is 4.80. The van der Waals surface area contributed by atoms with Crippen molar-refractivity contribution >= 4 is 11.8 Å². The zero-order chi connectivity index (χ0) is 11.3. The van der Waals surface area contributed by atoms with Crippen LogP contribution in [-0.4, -0.2) is 18.4 Å². The highest BCUT2D eigenvalue weighted by Gasteiger charge is 2.17. The molecule has 3 heteroatoms. The number of ketones is 1. The van der Waals surface area contributed by atoms with Gasteiger partial charge in [0.25, 0.3) is 0 Å². The molecule has 3 nitrogen and oxygen atoms in total. The number of hydrogen-bond donors (Lipinski definition) is 0. The molecule has 1 atom stereocenters. The molecule has 0 saturated heterocycles. The fourth-order valence-electron chi connectivity index (χ4n) is 1.33. The third kappa shape index (κ3) is 3.54. The maximum absolute atomic E-state index is 11.4. The highest BCUT2D eigenvalue weighted by molar-refractivity contribution is 5.83. The van der Waals surface area contributed by atoms with Crippen molar-refractivity contribution in [3.8, 4) is 0 Å². The molecule has 0 fully saturated rings. The van der Waals surface area contributed by atoms with Crippen LogP contribution in [0.5, 0.6) is 0 Å². The SMILES string of the molecule is CC(=O)OCC(C(C)=O)c1ccccc1. The molecule has 0 heterocycles. The summed E-state index contributed by atoms with van der Waals surface area (Å²) in [6.45, 7) is 2.96. The predicted octanol–water partition coefficient (Wildman–Crippen LogP) is 1.92. The Morgan fingerprint density at radius 1 is 1.20 bits per heavy atom. The number of esters is 1. The van der Waals surface area contributed by atoms with Gasteiger partial charge in [0, 0.05) is 6.92 Å². The van der Waals surface area contributed by atoms with Gasteiger partial charge in [0.15, 0.2) is 0 Å². The van der Waals surface area contributed by atoms with Crippen molar-refractivity contribution in [2.24, 2.45) is 0 Å². The highest BCUT2D eigenvalue weighted by Crippen LogP contribution is 2.16. The molecule has 1 aromatic carbocycles. The first-order chi connectivity index (χ1) is 7.11. The van der Waals surface area contributed by atoms with Gasteiger partial charge >= 0.3 is 5.97 Å². The van der Waals surface area contributed by atoms with E-state index in [4.69, 9.17) is 4.74 Å². The quantitative estimate of drug-likeness (QED) is 0.707. The average Bonchev–Trinajstić information content (AvgIpc) is 2.18. The maximum Gasteiger partial charge on any atom is 0.302 e. The molecule has 0 aliphatic heterocycles. The minimum atomic E-state index is -0.364. The van der Waals surface area contributed by atoms with Gasteiger partial charge in [-0.05, 0) is 12.5 Å². The van der Waals surface area contributed by atoms with Crippen molar-refractivity contribution < 1.29 is 14.3 Å². The largest absolute Gasteiger partial charge is 0.465 e. The van der Waals surface area contributed by atoms with Gasteiger partial charge in [-0.25, -0.2) is 0 Å². The van der Waals surface area contributed by atoms with Crippen LogP contribution in [-0.2, 0) is 14.3 Å². The second kappa shape index (κ2) is 5.29. The van der Waals surface area contributed by atoms with Crippen molar-refractivity contribution in [1.82, 2.24) is 0 Å². The van der Waals surface area contributed by atoms with Crippen LogP contribution >= 0.6 is 0 Å². The zero-order valence-corrected chi connectivity index (χ0v) is 8.90. The van der Waals surface area contributed by atoms with Crippen molar-refractivity contribution in [3.63, 3.8) is 0 Å². The van der Waals surface area contributed by atoms with E-state index in [0.717, 1.165) is 5.56 Å². The molecule has 0 N–H and O–H groups in total. The Kier molecular flexibility index (Phi) is 4.03. The number of carbonyl (C=O) groups excluding carboxylic acids is 2. The van der Waals surface area contributed by atoms with Gasteiger partial charge < -0.3 is 4.74 Å². The van der Waals surface area contributed by atoms with Crippen molar-refractivity contribution in [1.29, 1.82) is 0 Å². The lowest BCUT2D eigenvalue weighted by molar-refractivity contribution is -0.142. The Balaban J connectivity index is 2.75. The second-order valence-electron chi connectivity index (χ2n) is 3.38. The van der Waals surface area contributed by atoms with Crippen molar-refractivity contribution in [3.05, 3.63) is 35.9 Å². The van der Waals surface area contributed by atoms with Crippen LogP contribution in [0.2, 0.25) is 0 Å². The Labute approximate surface area is 89.1 Å². The van der Waals surface area contributed by atoms with Gasteiger partial charge in [0.2, 0.25) is 0 Å². The lowest BCUT2D eigenvalue weighted by Crippen LogP contribution is -2.17. The Hall–Kier alpha value is -1.64. The molecule has 0 bridgehead atoms. The van der Waals surface area contributed by atoms with E-state index in [1.165, 1.54) is 13.8 Å². The molecule has 15 heavy (non-hydrogen) atoms. The molecule has 1 rings (SSSR count). The van der Waals surface area contributed by atoms with Gasteiger partial charge in [-0.1, -0.05) is 30.3 Å². The smallest absolute Gasteiger partial charge is 0.302 e. The molecular formula is C12H14O3. The van der Waals surface area contributed by atoms with Crippen molar-refractivity contribution in [2.45, 2.75) is 19.8 Å². The molecule has 0 radical (unpaired) electrons. The molecule has 0 aliphatic rings. The molecule has 1 aromatic rings. The number of benzene rings is 1. The van der Waals surface area contributed by atoms with E-state index in [1.54, 1.807) is 0 Å². The van der Waals surface area contributed by atoms with Crippen LogP contribution in [0.25, 0.3) is 0 Å². The van der Waals surface area contributed by atoms with E-state index in [2.05, 4.69) is 0 Å². The monoisotopic (exact) mass is 206 g/mol. The van der Waals surface area contributed by atoms with Crippen LogP contribution in [0, 0.1) is 0 Å². The summed E-state index contributed by atoms with van der Waals surface area (Å²) in [6, 6.07) is 9.32. The van der Waals surface area contributed by atoms with Gasteiger partial charge in [0.05, 0.1) is 5.92 Å². The number of Topliss-reactive ketones (excluding diaryl/α,β-unsaturated/α-hetero) is 1. The van der Waals surface area contributed by atoms with E-state index in [-0.39, 0.29) is 24.3 Å². The van der Waals surface area contributed by atoms with Gasteiger partial charge in [-0.2, -0.15) is 0 Å². The number of carbonyl (C=O) groups is 2. The van der Waals surface area contributed by atoms with Crippen molar-refractivity contribution in [2.75, 3.05) is 6.61 Å². The van der Waals surface area contributed by atoms with Crippen LogP contribution in [0.15, 0.2) is 30.3 Å². The summed E-state index contributed by atoms with van der Waals surface area (Å²) in [5.41, 5.74) is 0.881. The Bertz CT molecular complexity index is 343. The molecule has 0 aliphatic carbocycles. The molecule has 0 saturated carbocycles. The lowest BCUT2D eigenvalue weighted by Gasteiger charge is -2.13.